The summed E-state index contributed by atoms with van der Waals surface area (Å²) in [5, 5.41) is 3.34. The molecule has 0 aromatic heterocycles. The highest BCUT2D eigenvalue weighted by Crippen LogP contribution is 2.36. The lowest BCUT2D eigenvalue weighted by molar-refractivity contribution is 0.00359. The summed E-state index contributed by atoms with van der Waals surface area (Å²) in [7, 11) is 0. The van der Waals surface area contributed by atoms with Gasteiger partial charge in [-0.15, -0.1) is 0 Å². The molecule has 0 radical (unpaired) electrons. The van der Waals surface area contributed by atoms with Gasteiger partial charge in [0.2, 0.25) is 0 Å². The van der Waals surface area contributed by atoms with Gasteiger partial charge in [0.15, 0.2) is 0 Å². The van der Waals surface area contributed by atoms with E-state index in [0.717, 1.165) is 32.0 Å². The summed E-state index contributed by atoms with van der Waals surface area (Å²) in [6.07, 6.45) is 11.5. The molecular formula is C19H33N3O2. The Morgan fingerprint density at radius 1 is 0.917 bits per heavy atom. The number of amides is 2. The van der Waals surface area contributed by atoms with E-state index in [4.69, 9.17) is 4.74 Å². The van der Waals surface area contributed by atoms with Crippen molar-refractivity contribution in [3.8, 4) is 0 Å². The third-order valence-electron chi connectivity index (χ3n) is 6.52. The molecule has 2 amide bonds. The van der Waals surface area contributed by atoms with Crippen LogP contribution in [0.25, 0.3) is 0 Å². The molecule has 1 unspecified atom stereocenters. The van der Waals surface area contributed by atoms with Crippen molar-refractivity contribution >= 4 is 6.03 Å². The maximum atomic E-state index is 12.7. The van der Waals surface area contributed by atoms with Gasteiger partial charge in [0.1, 0.15) is 0 Å². The highest BCUT2D eigenvalue weighted by atomic mass is 16.5. The minimum Gasteiger partial charge on any atom is -0.377 e. The predicted molar refractivity (Wildman–Crippen MR) is 94.0 cm³/mol. The first kappa shape index (κ1) is 16.6. The number of rotatable bonds is 3. The Bertz CT molecular complexity index is 426. The molecule has 0 aromatic rings. The Labute approximate surface area is 146 Å². The number of urea groups is 1. The molecule has 2 aliphatic heterocycles. The maximum Gasteiger partial charge on any atom is 0.318 e. The number of hydrogen-bond donors (Lipinski definition) is 1. The Morgan fingerprint density at radius 3 is 2.38 bits per heavy atom. The van der Waals surface area contributed by atoms with Gasteiger partial charge in [-0.1, -0.05) is 6.42 Å². The van der Waals surface area contributed by atoms with E-state index < -0.39 is 0 Å². The quantitative estimate of drug-likeness (QED) is 0.862. The third kappa shape index (κ3) is 3.88. The molecule has 5 nitrogen and oxygen atoms in total. The lowest BCUT2D eigenvalue weighted by Gasteiger charge is -2.40. The van der Waals surface area contributed by atoms with Gasteiger partial charge in [-0.3, -0.25) is 0 Å². The largest absolute Gasteiger partial charge is 0.377 e. The van der Waals surface area contributed by atoms with Gasteiger partial charge in [-0.2, -0.15) is 0 Å². The molecule has 136 valence electrons. The van der Waals surface area contributed by atoms with Crippen molar-refractivity contribution in [2.45, 2.75) is 75.9 Å². The van der Waals surface area contributed by atoms with Crippen molar-refractivity contribution in [3.05, 3.63) is 0 Å². The minimum atomic E-state index is 0.164. The first-order chi connectivity index (χ1) is 11.8. The van der Waals surface area contributed by atoms with Gasteiger partial charge < -0.3 is 19.9 Å². The second-order valence-electron chi connectivity index (χ2n) is 8.22. The molecule has 2 aliphatic carbocycles. The fourth-order valence-electron chi connectivity index (χ4n) is 4.87. The summed E-state index contributed by atoms with van der Waals surface area (Å²) in [5.74, 6) is 0.686. The highest BCUT2D eigenvalue weighted by Gasteiger charge is 2.40. The molecular weight excluding hydrogens is 302 g/mol. The molecule has 0 spiro atoms. The van der Waals surface area contributed by atoms with Crippen LogP contribution >= 0.6 is 0 Å². The van der Waals surface area contributed by atoms with Crippen LogP contribution in [-0.2, 0) is 4.74 Å². The lowest BCUT2D eigenvalue weighted by atomic mass is 9.89. The van der Waals surface area contributed by atoms with Crippen LogP contribution < -0.4 is 5.32 Å². The first-order valence-electron chi connectivity index (χ1n) is 10.2. The van der Waals surface area contributed by atoms with Gasteiger partial charge in [-0.05, 0) is 70.4 Å². The Hall–Kier alpha value is -0.810. The normalized spacial score (nSPS) is 35.7. The molecule has 2 saturated carbocycles. The zero-order valence-electron chi connectivity index (χ0n) is 14.9. The lowest BCUT2D eigenvalue weighted by Crippen LogP contribution is -2.56. The minimum absolute atomic E-state index is 0.164. The van der Waals surface area contributed by atoms with E-state index in [0.29, 0.717) is 24.6 Å². The molecule has 24 heavy (non-hydrogen) atoms. The predicted octanol–water partition coefficient (Wildman–Crippen LogP) is 2.60. The molecule has 1 atom stereocenters. The molecule has 0 aromatic carbocycles. The molecule has 5 heteroatoms. The molecule has 2 saturated heterocycles. The van der Waals surface area contributed by atoms with Crippen LogP contribution in [0, 0.1) is 5.92 Å². The number of nitrogens with one attached hydrogen (secondary N) is 1. The van der Waals surface area contributed by atoms with E-state index in [1.807, 2.05) is 0 Å². The van der Waals surface area contributed by atoms with Gasteiger partial charge in [0, 0.05) is 18.6 Å². The Kier molecular flexibility index (Phi) is 5.28. The van der Waals surface area contributed by atoms with Crippen molar-refractivity contribution in [2.75, 3.05) is 32.8 Å². The smallest absolute Gasteiger partial charge is 0.318 e. The Morgan fingerprint density at radius 2 is 1.67 bits per heavy atom. The average Bonchev–Trinajstić information content (AvgIpc) is 3.48. The van der Waals surface area contributed by atoms with Crippen LogP contribution in [0.15, 0.2) is 0 Å². The van der Waals surface area contributed by atoms with Gasteiger partial charge in [0.25, 0.3) is 0 Å². The summed E-state index contributed by atoms with van der Waals surface area (Å²) in [5.41, 5.74) is 0. The number of likely N-dealkylation sites (tertiary alicyclic amines) is 1. The van der Waals surface area contributed by atoms with Crippen LogP contribution in [0.3, 0.4) is 0 Å². The van der Waals surface area contributed by atoms with Crippen molar-refractivity contribution in [1.29, 1.82) is 0 Å². The Balaban J connectivity index is 1.24. The van der Waals surface area contributed by atoms with Gasteiger partial charge in [0.05, 0.1) is 19.3 Å². The van der Waals surface area contributed by atoms with Crippen molar-refractivity contribution in [2.24, 2.45) is 5.92 Å². The first-order valence-corrected chi connectivity index (χ1v) is 10.2. The summed E-state index contributed by atoms with van der Waals surface area (Å²) < 4.78 is 5.61. The van der Waals surface area contributed by atoms with E-state index in [1.165, 1.54) is 58.0 Å². The van der Waals surface area contributed by atoms with Crippen LogP contribution in [-0.4, -0.2) is 66.8 Å². The fraction of sp³-hybridized carbons (Fsp3) is 0.947. The average molecular weight is 335 g/mol. The van der Waals surface area contributed by atoms with Crippen molar-refractivity contribution in [3.63, 3.8) is 0 Å². The molecule has 4 fully saturated rings. The summed E-state index contributed by atoms with van der Waals surface area (Å²) in [6.45, 7) is 4.77. The van der Waals surface area contributed by atoms with Crippen molar-refractivity contribution in [1.82, 2.24) is 15.1 Å². The molecule has 0 bridgehead atoms. The van der Waals surface area contributed by atoms with Crippen LogP contribution in [0.5, 0.6) is 0 Å². The van der Waals surface area contributed by atoms with E-state index in [-0.39, 0.29) is 6.03 Å². The van der Waals surface area contributed by atoms with E-state index >= 15 is 0 Å². The monoisotopic (exact) mass is 335 g/mol. The molecule has 4 rings (SSSR count). The number of piperidine rings is 1. The third-order valence-corrected chi connectivity index (χ3v) is 6.52. The van der Waals surface area contributed by atoms with Crippen LogP contribution in [0.4, 0.5) is 4.79 Å². The van der Waals surface area contributed by atoms with E-state index in [9.17, 15) is 4.79 Å². The second kappa shape index (κ2) is 7.61. The number of morpholine rings is 1. The number of ether oxygens (including phenoxy) is 1. The number of nitrogens with zero attached hydrogens (tertiary/aromatic N) is 2. The van der Waals surface area contributed by atoms with Crippen molar-refractivity contribution < 1.29 is 9.53 Å². The highest BCUT2D eigenvalue weighted by molar-refractivity contribution is 5.75. The summed E-state index contributed by atoms with van der Waals surface area (Å²) in [4.78, 5) is 17.5. The molecule has 2 heterocycles. The second-order valence-corrected chi connectivity index (χ2v) is 8.22. The summed E-state index contributed by atoms with van der Waals surface area (Å²) in [6, 6.07) is 1.63. The SMILES string of the molecule is O=C(NC1CCC(N2CCCCC2)CC1)N1CCOCC1C1CC1. The number of hydrogen-bond acceptors (Lipinski definition) is 3. The molecule has 1 N–H and O–H groups in total. The van der Waals surface area contributed by atoms with Gasteiger partial charge >= 0.3 is 6.03 Å². The zero-order valence-corrected chi connectivity index (χ0v) is 14.9. The maximum absolute atomic E-state index is 12.7. The van der Waals surface area contributed by atoms with Crippen LogP contribution in [0.1, 0.15) is 57.8 Å². The fourth-order valence-corrected chi connectivity index (χ4v) is 4.87. The molecule has 4 aliphatic rings. The number of carbonyl (C=O) groups excluding carboxylic acids is 1. The van der Waals surface area contributed by atoms with E-state index in [1.54, 1.807) is 0 Å². The number of carbonyl (C=O) groups is 1. The van der Waals surface area contributed by atoms with Crippen LogP contribution in [0.2, 0.25) is 0 Å². The standard InChI is InChI=1S/C19H33N3O2/c23-19(22-12-13-24-14-18(22)15-4-5-15)20-16-6-8-17(9-7-16)21-10-2-1-3-11-21/h15-18H,1-14H2,(H,20,23). The van der Waals surface area contributed by atoms with Gasteiger partial charge in [-0.25, -0.2) is 4.79 Å². The van der Waals surface area contributed by atoms with E-state index in [2.05, 4.69) is 15.1 Å². The summed E-state index contributed by atoms with van der Waals surface area (Å²) >= 11 is 0. The topological polar surface area (TPSA) is 44.8 Å². The zero-order chi connectivity index (χ0) is 16.4.